The minimum atomic E-state index is -4.86. The van der Waals surface area contributed by atoms with Crippen LogP contribution in [0.2, 0.25) is 0 Å². The molecular formula is C8H13F3N3O+. The Morgan fingerprint density at radius 3 is 2.13 bits per heavy atom. The van der Waals surface area contributed by atoms with Crippen molar-refractivity contribution in [1.82, 2.24) is 4.57 Å². The van der Waals surface area contributed by atoms with E-state index in [2.05, 4.69) is 29.7 Å². The Bertz CT molecular complexity index is 319. The molecule has 7 heteroatoms. The van der Waals surface area contributed by atoms with E-state index in [9.17, 15) is 13.2 Å². The smallest absolute Gasteiger partial charge is 0.362 e. The lowest BCUT2D eigenvalue weighted by atomic mass is 10.6. The van der Waals surface area contributed by atoms with E-state index in [0.29, 0.717) is 0 Å². The van der Waals surface area contributed by atoms with Crippen LogP contribution in [0.1, 0.15) is 6.92 Å². The number of hydrogen-bond acceptors (Lipinski definition) is 1. The molecule has 1 rings (SSSR count). The molecule has 0 atom stereocenters. The van der Waals surface area contributed by atoms with Gasteiger partial charge in [-0.25, -0.2) is 9.13 Å². The summed E-state index contributed by atoms with van der Waals surface area (Å²) < 4.78 is 36.3. The Morgan fingerprint density at radius 1 is 1.53 bits per heavy atom. The molecule has 0 fully saturated rings. The van der Waals surface area contributed by atoms with Gasteiger partial charge in [0.15, 0.2) is 0 Å². The van der Waals surface area contributed by atoms with Gasteiger partial charge >= 0.3 is 12.1 Å². The number of imidazole rings is 1. The van der Waals surface area contributed by atoms with Gasteiger partial charge in [-0.2, -0.15) is 13.2 Å². The van der Waals surface area contributed by atoms with Crippen molar-refractivity contribution in [3.63, 3.8) is 0 Å². The van der Waals surface area contributed by atoms with Gasteiger partial charge in [0.25, 0.3) is 0 Å². The first kappa shape index (κ1) is 13.5. The first-order valence-corrected chi connectivity index (χ1v) is 4.15. The average Bonchev–Trinajstić information content (AvgIpc) is 2.50. The molecule has 4 nitrogen and oxygen atoms in total. The summed E-state index contributed by atoms with van der Waals surface area (Å²) in [5.74, 6) is -2.26. The number of alkyl halides is 3. The van der Waals surface area contributed by atoms with Crippen molar-refractivity contribution in [2.24, 2.45) is 12.8 Å². The molecule has 0 saturated heterocycles. The van der Waals surface area contributed by atoms with Crippen LogP contribution >= 0.6 is 0 Å². The van der Waals surface area contributed by atoms with Crippen LogP contribution in [-0.2, 0) is 18.4 Å². The van der Waals surface area contributed by atoms with Gasteiger partial charge in [-0.15, -0.1) is 0 Å². The summed E-state index contributed by atoms with van der Waals surface area (Å²) in [5, 5.41) is 0. The minimum Gasteiger partial charge on any atom is -0.362 e. The molecule has 0 aliphatic heterocycles. The Kier molecular flexibility index (Phi) is 4.83. The quantitative estimate of drug-likeness (QED) is 0.688. The molecule has 15 heavy (non-hydrogen) atoms. The van der Waals surface area contributed by atoms with Crippen molar-refractivity contribution in [2.75, 3.05) is 0 Å². The van der Waals surface area contributed by atoms with E-state index in [1.807, 2.05) is 17.8 Å². The number of nitrogens with two attached hydrogens (primary N) is 1. The van der Waals surface area contributed by atoms with E-state index < -0.39 is 12.1 Å². The maximum absolute atomic E-state index is 10.7. The minimum absolute atomic E-state index is 1.06. The molecule has 0 aliphatic carbocycles. The van der Waals surface area contributed by atoms with Gasteiger partial charge in [-0.05, 0) is 6.92 Å². The molecule has 0 unspecified atom stereocenters. The Morgan fingerprint density at radius 2 is 2.00 bits per heavy atom. The molecule has 0 radical (unpaired) electrons. The molecule has 0 aliphatic rings. The van der Waals surface area contributed by atoms with E-state index in [4.69, 9.17) is 4.79 Å². The number of carbonyl (C=O) groups excluding carboxylic acids is 1. The van der Waals surface area contributed by atoms with E-state index in [1.54, 1.807) is 0 Å². The number of primary amides is 1. The third-order valence-electron chi connectivity index (χ3n) is 1.47. The second kappa shape index (κ2) is 5.38. The van der Waals surface area contributed by atoms with Crippen LogP contribution in [-0.4, -0.2) is 16.7 Å². The topological polar surface area (TPSA) is 51.9 Å². The van der Waals surface area contributed by atoms with Crippen molar-refractivity contribution in [3.8, 4) is 0 Å². The van der Waals surface area contributed by atoms with Crippen molar-refractivity contribution in [3.05, 3.63) is 18.7 Å². The van der Waals surface area contributed by atoms with E-state index in [-0.39, 0.29) is 0 Å². The maximum atomic E-state index is 10.7. The zero-order valence-electron chi connectivity index (χ0n) is 8.45. The second-order valence-electron chi connectivity index (χ2n) is 2.77. The van der Waals surface area contributed by atoms with E-state index in [0.717, 1.165) is 6.54 Å². The summed E-state index contributed by atoms with van der Waals surface area (Å²) in [6.45, 7) is 3.18. The van der Waals surface area contributed by atoms with Gasteiger partial charge in [0.2, 0.25) is 6.33 Å². The fraction of sp³-hybridized carbons (Fsp3) is 0.500. The lowest BCUT2D eigenvalue weighted by molar-refractivity contribution is -0.671. The summed E-state index contributed by atoms with van der Waals surface area (Å²) >= 11 is 0. The molecule has 1 aromatic rings. The fourth-order valence-corrected chi connectivity index (χ4v) is 0.689. The zero-order valence-corrected chi connectivity index (χ0v) is 8.45. The van der Waals surface area contributed by atoms with Gasteiger partial charge in [0, 0.05) is 0 Å². The van der Waals surface area contributed by atoms with Crippen molar-refractivity contribution in [1.29, 1.82) is 0 Å². The number of nitrogens with zero attached hydrogens (tertiary/aromatic N) is 2. The normalized spacial score (nSPS) is 10.5. The van der Waals surface area contributed by atoms with Crippen LogP contribution < -0.4 is 10.3 Å². The largest absolute Gasteiger partial charge is 0.470 e. The summed E-state index contributed by atoms with van der Waals surface area (Å²) in [7, 11) is 2.02. The van der Waals surface area contributed by atoms with Gasteiger partial charge < -0.3 is 5.73 Å². The molecule has 1 aromatic heterocycles. The number of rotatable bonds is 1. The molecule has 86 valence electrons. The van der Waals surface area contributed by atoms with Crippen molar-refractivity contribution < 1.29 is 22.5 Å². The highest BCUT2D eigenvalue weighted by Crippen LogP contribution is 2.11. The third kappa shape index (κ3) is 5.71. The molecule has 1 amide bonds. The van der Waals surface area contributed by atoms with Gasteiger partial charge in [0.1, 0.15) is 12.4 Å². The molecule has 1 heterocycles. The highest BCUT2D eigenvalue weighted by Gasteiger charge is 2.35. The highest BCUT2D eigenvalue weighted by atomic mass is 19.4. The van der Waals surface area contributed by atoms with Crippen molar-refractivity contribution >= 4 is 5.91 Å². The van der Waals surface area contributed by atoms with E-state index >= 15 is 0 Å². The summed E-state index contributed by atoms with van der Waals surface area (Å²) in [4.78, 5) is 9.12. The Hall–Kier alpha value is -1.53. The number of halogens is 3. The summed E-state index contributed by atoms with van der Waals surface area (Å²) in [6.07, 6.45) is 1.28. The Balaban J connectivity index is 0.000000265. The number of carbonyl (C=O) groups is 1. The van der Waals surface area contributed by atoms with Crippen LogP contribution in [0.3, 0.4) is 0 Å². The standard InChI is InChI=1S/C6H11N2.C2H2F3NO/c1-3-8-5-4-7(2)6-8;3-2(4,5)1(6)7/h4-6H,3H2,1-2H3;(H2,6,7)/q+1;. The molecule has 0 saturated carbocycles. The van der Waals surface area contributed by atoms with Crippen LogP contribution in [0.25, 0.3) is 0 Å². The highest BCUT2D eigenvalue weighted by molar-refractivity contribution is 5.79. The monoisotopic (exact) mass is 224 g/mol. The van der Waals surface area contributed by atoms with Crippen LogP contribution in [0.15, 0.2) is 18.7 Å². The molecule has 0 bridgehead atoms. The summed E-state index contributed by atoms with van der Waals surface area (Å²) in [5.41, 5.74) is 3.81. The fourth-order valence-electron chi connectivity index (χ4n) is 0.689. The predicted octanol–water partition coefficient (Wildman–Crippen LogP) is 0.366. The molecule has 0 spiro atoms. The first-order valence-electron chi connectivity index (χ1n) is 4.15. The van der Waals surface area contributed by atoms with Gasteiger partial charge in [-0.1, -0.05) is 0 Å². The number of aromatic nitrogens is 2. The SMILES string of the molecule is CCn1cc[n+](C)c1.NC(=O)C(F)(F)F. The second-order valence-corrected chi connectivity index (χ2v) is 2.77. The zero-order chi connectivity index (χ0) is 12.1. The summed E-state index contributed by atoms with van der Waals surface area (Å²) in [6, 6.07) is 0. The average molecular weight is 224 g/mol. The Labute approximate surface area is 85.1 Å². The lowest BCUT2D eigenvalue weighted by Crippen LogP contribution is -2.30. The maximum Gasteiger partial charge on any atom is 0.470 e. The van der Waals surface area contributed by atoms with Gasteiger partial charge in [-0.3, -0.25) is 4.79 Å². The molecule has 2 N–H and O–H groups in total. The molecular weight excluding hydrogens is 211 g/mol. The van der Waals surface area contributed by atoms with Crippen LogP contribution in [0.4, 0.5) is 13.2 Å². The third-order valence-corrected chi connectivity index (χ3v) is 1.47. The predicted molar refractivity (Wildman–Crippen MR) is 46.5 cm³/mol. The number of aryl methyl sites for hydroxylation is 2. The van der Waals surface area contributed by atoms with Crippen LogP contribution in [0, 0.1) is 0 Å². The molecule has 0 aromatic carbocycles. The lowest BCUT2D eigenvalue weighted by Gasteiger charge is -1.95. The van der Waals surface area contributed by atoms with Gasteiger partial charge in [0.05, 0.1) is 13.6 Å². The van der Waals surface area contributed by atoms with E-state index in [1.165, 1.54) is 0 Å². The van der Waals surface area contributed by atoms with Crippen molar-refractivity contribution in [2.45, 2.75) is 19.6 Å². The van der Waals surface area contributed by atoms with Crippen LogP contribution in [0.5, 0.6) is 0 Å². The number of amides is 1. The number of hydrogen-bond donors (Lipinski definition) is 1. The first-order chi connectivity index (χ1) is 6.77.